The smallest absolute Gasteiger partial charge is 0.410 e. The van der Waals surface area contributed by atoms with Gasteiger partial charge in [-0.25, -0.2) is 9.59 Å². The van der Waals surface area contributed by atoms with Crippen LogP contribution in [0.4, 0.5) is 4.79 Å². The fourth-order valence-corrected chi connectivity index (χ4v) is 1.56. The van der Waals surface area contributed by atoms with Crippen molar-refractivity contribution in [1.29, 1.82) is 0 Å². The summed E-state index contributed by atoms with van der Waals surface area (Å²) in [4.78, 5) is 24.2. The van der Waals surface area contributed by atoms with E-state index >= 15 is 0 Å². The number of nitrogens with zero attached hydrogens (tertiary/aromatic N) is 1. The lowest BCUT2D eigenvalue weighted by molar-refractivity contribution is -0.139. The van der Waals surface area contributed by atoms with Crippen LogP contribution in [0.1, 0.15) is 20.3 Å². The molecule has 0 aromatic rings. The Bertz CT molecular complexity index is 337. The van der Waals surface area contributed by atoms with Gasteiger partial charge in [-0.15, -0.1) is 0 Å². The van der Waals surface area contributed by atoms with Crippen molar-refractivity contribution in [2.45, 2.75) is 20.3 Å². The molecule has 0 saturated carbocycles. The minimum absolute atomic E-state index is 0.00696. The Morgan fingerprint density at radius 2 is 1.94 bits per heavy atom. The number of hydrogen-bond acceptors (Lipinski definition) is 5. The molecule has 0 aliphatic carbocycles. The average molecular weight is 243 g/mol. The molecule has 0 aromatic heterocycles. The zero-order valence-corrected chi connectivity index (χ0v) is 10.1. The minimum Gasteiger partial charge on any atom is -0.510 e. The summed E-state index contributed by atoms with van der Waals surface area (Å²) in [5.41, 5.74) is 0.243. The highest BCUT2D eigenvalue weighted by molar-refractivity contribution is 5.89. The highest BCUT2D eigenvalue weighted by Gasteiger charge is 2.27. The molecule has 0 bridgehead atoms. The van der Waals surface area contributed by atoms with Gasteiger partial charge in [0.25, 0.3) is 0 Å². The Labute approximate surface area is 99.8 Å². The van der Waals surface area contributed by atoms with Crippen LogP contribution in [0.15, 0.2) is 11.3 Å². The molecule has 6 heteroatoms. The van der Waals surface area contributed by atoms with E-state index in [2.05, 4.69) is 0 Å². The molecule has 1 rings (SSSR count). The molecule has 1 heterocycles. The van der Waals surface area contributed by atoms with Crippen molar-refractivity contribution in [3.63, 3.8) is 0 Å². The summed E-state index contributed by atoms with van der Waals surface area (Å²) in [6.07, 6.45) is -0.203. The summed E-state index contributed by atoms with van der Waals surface area (Å²) in [6.45, 7) is 4.29. The first-order chi connectivity index (χ1) is 8.10. The van der Waals surface area contributed by atoms with Crippen LogP contribution < -0.4 is 0 Å². The van der Waals surface area contributed by atoms with Crippen LogP contribution in [0.3, 0.4) is 0 Å². The monoisotopic (exact) mass is 243 g/mol. The number of aliphatic hydroxyl groups excluding tert-OH is 1. The number of carbonyl (C=O) groups is 2. The topological polar surface area (TPSA) is 76.1 Å². The van der Waals surface area contributed by atoms with E-state index in [4.69, 9.17) is 9.47 Å². The maximum atomic E-state index is 11.4. The van der Waals surface area contributed by atoms with Gasteiger partial charge >= 0.3 is 12.1 Å². The van der Waals surface area contributed by atoms with Crippen molar-refractivity contribution in [3.05, 3.63) is 11.3 Å². The van der Waals surface area contributed by atoms with E-state index in [0.29, 0.717) is 6.54 Å². The number of aliphatic hydroxyl groups is 1. The van der Waals surface area contributed by atoms with E-state index in [1.165, 1.54) is 4.90 Å². The van der Waals surface area contributed by atoms with Gasteiger partial charge in [0, 0.05) is 13.0 Å². The first-order valence-electron chi connectivity index (χ1n) is 5.59. The number of ether oxygens (including phenoxy) is 2. The van der Waals surface area contributed by atoms with Crippen molar-refractivity contribution < 1.29 is 24.2 Å². The van der Waals surface area contributed by atoms with Gasteiger partial charge < -0.3 is 19.5 Å². The van der Waals surface area contributed by atoms with Crippen LogP contribution >= 0.6 is 0 Å². The zero-order chi connectivity index (χ0) is 12.8. The lowest BCUT2D eigenvalue weighted by Crippen LogP contribution is -2.38. The van der Waals surface area contributed by atoms with Crippen LogP contribution in [0.25, 0.3) is 0 Å². The molecule has 0 saturated heterocycles. The second kappa shape index (κ2) is 6.12. The maximum absolute atomic E-state index is 11.4. The first-order valence-corrected chi connectivity index (χ1v) is 5.59. The Balaban J connectivity index is 2.65. The SMILES string of the molecule is CCOC(=O)C1=C(O)CN(C(=O)OCC)CC1. The Hall–Kier alpha value is -1.72. The molecule has 0 aromatic carbocycles. The highest BCUT2D eigenvalue weighted by Crippen LogP contribution is 2.18. The minimum atomic E-state index is -0.520. The fourth-order valence-electron chi connectivity index (χ4n) is 1.56. The maximum Gasteiger partial charge on any atom is 0.410 e. The molecule has 0 atom stereocenters. The normalized spacial score (nSPS) is 15.8. The molecule has 1 N–H and O–H groups in total. The Kier molecular flexibility index (Phi) is 4.81. The lowest BCUT2D eigenvalue weighted by atomic mass is 10.1. The van der Waals surface area contributed by atoms with Crippen LogP contribution in [0.5, 0.6) is 0 Å². The molecule has 0 spiro atoms. The molecule has 96 valence electrons. The Morgan fingerprint density at radius 1 is 1.29 bits per heavy atom. The van der Waals surface area contributed by atoms with Crippen molar-refractivity contribution in [2.24, 2.45) is 0 Å². The van der Waals surface area contributed by atoms with Gasteiger partial charge in [-0.2, -0.15) is 0 Å². The van der Waals surface area contributed by atoms with Gasteiger partial charge in [-0.05, 0) is 13.8 Å². The summed E-state index contributed by atoms with van der Waals surface area (Å²) in [5.74, 6) is -0.642. The average Bonchev–Trinajstić information content (AvgIpc) is 2.29. The van der Waals surface area contributed by atoms with E-state index < -0.39 is 12.1 Å². The number of rotatable bonds is 3. The van der Waals surface area contributed by atoms with Gasteiger partial charge in [0.1, 0.15) is 5.76 Å². The van der Waals surface area contributed by atoms with Gasteiger partial charge in [0.2, 0.25) is 0 Å². The molecular formula is C11H17NO5. The molecule has 1 amide bonds. The van der Waals surface area contributed by atoms with E-state index in [9.17, 15) is 14.7 Å². The van der Waals surface area contributed by atoms with E-state index in [-0.39, 0.29) is 37.5 Å². The summed E-state index contributed by atoms with van der Waals surface area (Å²) in [5, 5.41) is 9.68. The van der Waals surface area contributed by atoms with Gasteiger partial charge in [0.05, 0.1) is 25.3 Å². The van der Waals surface area contributed by atoms with Crippen molar-refractivity contribution >= 4 is 12.1 Å². The Morgan fingerprint density at radius 3 is 2.47 bits per heavy atom. The van der Waals surface area contributed by atoms with Gasteiger partial charge in [-0.3, -0.25) is 0 Å². The number of hydrogen-bond donors (Lipinski definition) is 1. The number of esters is 1. The van der Waals surface area contributed by atoms with Crippen molar-refractivity contribution in [3.8, 4) is 0 Å². The van der Waals surface area contributed by atoms with Crippen molar-refractivity contribution in [1.82, 2.24) is 4.90 Å². The third kappa shape index (κ3) is 3.37. The first kappa shape index (κ1) is 13.3. The predicted octanol–water partition coefficient (Wildman–Crippen LogP) is 1.22. The number of carbonyl (C=O) groups excluding carboxylic acids is 2. The predicted molar refractivity (Wildman–Crippen MR) is 59.5 cm³/mol. The van der Waals surface area contributed by atoms with Crippen LogP contribution in [0.2, 0.25) is 0 Å². The molecular weight excluding hydrogens is 226 g/mol. The van der Waals surface area contributed by atoms with Gasteiger partial charge in [-0.1, -0.05) is 0 Å². The van der Waals surface area contributed by atoms with Crippen LogP contribution in [0, 0.1) is 0 Å². The third-order valence-electron chi connectivity index (χ3n) is 2.37. The molecule has 0 unspecified atom stereocenters. The lowest BCUT2D eigenvalue weighted by Gasteiger charge is -2.26. The molecule has 1 aliphatic heterocycles. The third-order valence-corrected chi connectivity index (χ3v) is 2.37. The second-order valence-electron chi connectivity index (χ2n) is 3.52. The van der Waals surface area contributed by atoms with E-state index in [0.717, 1.165) is 0 Å². The van der Waals surface area contributed by atoms with E-state index in [1.807, 2.05) is 0 Å². The molecule has 17 heavy (non-hydrogen) atoms. The quantitative estimate of drug-likeness (QED) is 0.754. The summed E-state index contributed by atoms with van der Waals surface area (Å²) in [6, 6.07) is 0. The standard InChI is InChI=1S/C11H17NO5/c1-3-16-10(14)8-5-6-12(7-9(8)13)11(15)17-4-2/h13H,3-7H2,1-2H3. The van der Waals surface area contributed by atoms with Crippen LogP contribution in [-0.2, 0) is 14.3 Å². The zero-order valence-electron chi connectivity index (χ0n) is 10.1. The largest absolute Gasteiger partial charge is 0.510 e. The van der Waals surface area contributed by atoms with Crippen LogP contribution in [-0.4, -0.2) is 48.4 Å². The second-order valence-corrected chi connectivity index (χ2v) is 3.52. The highest BCUT2D eigenvalue weighted by atomic mass is 16.6. The molecule has 1 aliphatic rings. The molecule has 6 nitrogen and oxygen atoms in total. The molecule has 0 fully saturated rings. The summed E-state index contributed by atoms with van der Waals surface area (Å²) < 4.78 is 9.61. The van der Waals surface area contributed by atoms with Gasteiger partial charge in [0.15, 0.2) is 0 Å². The molecule has 0 radical (unpaired) electrons. The summed E-state index contributed by atoms with van der Waals surface area (Å²) >= 11 is 0. The van der Waals surface area contributed by atoms with Crippen molar-refractivity contribution in [2.75, 3.05) is 26.3 Å². The number of amides is 1. The summed E-state index contributed by atoms with van der Waals surface area (Å²) in [7, 11) is 0. The van der Waals surface area contributed by atoms with E-state index in [1.54, 1.807) is 13.8 Å². The fraction of sp³-hybridized carbons (Fsp3) is 0.636.